The van der Waals surface area contributed by atoms with Crippen LogP contribution in [0.3, 0.4) is 0 Å². The lowest BCUT2D eigenvalue weighted by Gasteiger charge is -2.33. The zero-order valence-electron chi connectivity index (χ0n) is 13.5. The molecule has 3 nitrogen and oxygen atoms in total. The molecule has 3 heteroatoms. The lowest BCUT2D eigenvalue weighted by Crippen LogP contribution is -2.43. The fourth-order valence-electron chi connectivity index (χ4n) is 2.76. The van der Waals surface area contributed by atoms with E-state index in [1.807, 2.05) is 17.0 Å². The van der Waals surface area contributed by atoms with Crippen molar-refractivity contribution >= 4 is 5.91 Å². The Bertz CT molecular complexity index is 470. The van der Waals surface area contributed by atoms with Crippen LogP contribution in [0.1, 0.15) is 44.2 Å². The van der Waals surface area contributed by atoms with Crippen LogP contribution in [0, 0.1) is 12.8 Å². The Morgan fingerprint density at radius 1 is 1.38 bits per heavy atom. The van der Waals surface area contributed by atoms with Crippen molar-refractivity contribution in [3.8, 4) is 0 Å². The minimum absolute atomic E-state index is 0.175. The monoisotopic (exact) mass is 289 g/mol. The second-order valence-electron chi connectivity index (χ2n) is 6.44. The Hall–Kier alpha value is -1.35. The first-order valence-corrected chi connectivity index (χ1v) is 8.00. The molecule has 21 heavy (non-hydrogen) atoms. The fourth-order valence-corrected chi connectivity index (χ4v) is 2.76. The van der Waals surface area contributed by atoms with Crippen LogP contribution >= 0.6 is 0 Å². The maximum Gasteiger partial charge on any atom is 0.222 e. The number of benzene rings is 1. The summed E-state index contributed by atoms with van der Waals surface area (Å²) >= 11 is 0. The molecular formula is C18H27NO2. The molecule has 0 unspecified atom stereocenters. The maximum absolute atomic E-state index is 12.2. The van der Waals surface area contributed by atoms with Gasteiger partial charge in [0.15, 0.2) is 0 Å². The van der Waals surface area contributed by atoms with Gasteiger partial charge in [-0.1, -0.05) is 38.1 Å². The normalized spacial score (nSPS) is 19.0. The number of likely N-dealkylation sites (tertiary alicyclic amines) is 1. The van der Waals surface area contributed by atoms with Crippen LogP contribution in [-0.4, -0.2) is 30.0 Å². The molecule has 116 valence electrons. The Morgan fingerprint density at radius 3 is 2.86 bits per heavy atom. The summed E-state index contributed by atoms with van der Waals surface area (Å²) in [6.45, 7) is 8.57. The smallest absolute Gasteiger partial charge is 0.222 e. The summed E-state index contributed by atoms with van der Waals surface area (Å²) in [7, 11) is 0. The van der Waals surface area contributed by atoms with Crippen molar-refractivity contribution < 1.29 is 9.53 Å². The molecule has 0 aliphatic carbocycles. The molecule has 0 radical (unpaired) electrons. The Balaban J connectivity index is 1.84. The summed E-state index contributed by atoms with van der Waals surface area (Å²) in [6, 6.07) is 8.31. The second kappa shape index (κ2) is 7.60. The van der Waals surface area contributed by atoms with Crippen molar-refractivity contribution in [3.05, 3.63) is 35.4 Å². The molecule has 1 aromatic carbocycles. The third-order valence-electron chi connectivity index (χ3n) is 4.05. The standard InChI is InChI=1S/C18H27NO2/c1-14(2)11-18(20)19-10-6-9-17(12-19)21-13-16-8-5-4-7-15(16)3/h4-5,7-8,14,17H,6,9-13H2,1-3H3/t17-/m1/s1. The van der Waals surface area contributed by atoms with Gasteiger partial charge >= 0.3 is 0 Å². The quantitative estimate of drug-likeness (QED) is 0.829. The van der Waals surface area contributed by atoms with E-state index >= 15 is 0 Å². The van der Waals surface area contributed by atoms with Crippen LogP contribution in [0.25, 0.3) is 0 Å². The Kier molecular flexibility index (Phi) is 5.80. The van der Waals surface area contributed by atoms with Crippen LogP contribution < -0.4 is 0 Å². The lowest BCUT2D eigenvalue weighted by molar-refractivity contribution is -0.136. The predicted octanol–water partition coefficient (Wildman–Crippen LogP) is 3.55. The number of carbonyl (C=O) groups excluding carboxylic acids is 1. The summed E-state index contributed by atoms with van der Waals surface area (Å²) < 4.78 is 6.04. The Labute approximate surface area is 128 Å². The topological polar surface area (TPSA) is 29.5 Å². The van der Waals surface area contributed by atoms with Crippen LogP contribution in [0.2, 0.25) is 0 Å². The molecule has 0 spiro atoms. The van der Waals surface area contributed by atoms with E-state index in [0.29, 0.717) is 18.9 Å². The number of aryl methyl sites for hydroxylation is 1. The van der Waals surface area contributed by atoms with E-state index in [-0.39, 0.29) is 12.0 Å². The molecule has 1 heterocycles. The van der Waals surface area contributed by atoms with Gasteiger partial charge in [0.25, 0.3) is 0 Å². The van der Waals surface area contributed by atoms with Crippen LogP contribution in [0.5, 0.6) is 0 Å². The molecule has 1 fully saturated rings. The van der Waals surface area contributed by atoms with Gasteiger partial charge in [0.05, 0.1) is 12.7 Å². The van der Waals surface area contributed by atoms with E-state index in [2.05, 4.69) is 32.9 Å². The lowest BCUT2D eigenvalue weighted by atomic mass is 10.0. The highest BCUT2D eigenvalue weighted by Crippen LogP contribution is 2.18. The summed E-state index contributed by atoms with van der Waals surface area (Å²) in [6.07, 6.45) is 2.92. The van der Waals surface area contributed by atoms with E-state index in [0.717, 1.165) is 25.9 Å². The third-order valence-corrected chi connectivity index (χ3v) is 4.05. The molecule has 1 aromatic rings. The van der Waals surface area contributed by atoms with Gasteiger partial charge in [0.2, 0.25) is 5.91 Å². The average molecular weight is 289 g/mol. The van der Waals surface area contributed by atoms with Crippen molar-refractivity contribution in [2.75, 3.05) is 13.1 Å². The third kappa shape index (κ3) is 4.85. The van der Waals surface area contributed by atoms with Crippen molar-refractivity contribution in [1.82, 2.24) is 4.90 Å². The number of hydrogen-bond acceptors (Lipinski definition) is 2. The SMILES string of the molecule is Cc1ccccc1CO[C@@H]1CCCN(C(=O)CC(C)C)C1. The van der Waals surface area contributed by atoms with Crippen molar-refractivity contribution in [2.24, 2.45) is 5.92 Å². The van der Waals surface area contributed by atoms with Gasteiger partial charge < -0.3 is 9.64 Å². The largest absolute Gasteiger partial charge is 0.372 e. The fraction of sp³-hybridized carbons (Fsp3) is 0.611. The van der Waals surface area contributed by atoms with Gasteiger partial charge in [0.1, 0.15) is 0 Å². The molecular weight excluding hydrogens is 262 g/mol. The molecule has 1 saturated heterocycles. The predicted molar refractivity (Wildman–Crippen MR) is 85.0 cm³/mol. The number of carbonyl (C=O) groups is 1. The van der Waals surface area contributed by atoms with Crippen molar-refractivity contribution in [1.29, 1.82) is 0 Å². The first kappa shape index (κ1) is 16.0. The van der Waals surface area contributed by atoms with Crippen LogP contribution in [-0.2, 0) is 16.1 Å². The van der Waals surface area contributed by atoms with Gasteiger partial charge in [-0.2, -0.15) is 0 Å². The summed E-state index contributed by atoms with van der Waals surface area (Å²) in [5, 5.41) is 0. The van der Waals surface area contributed by atoms with E-state index in [4.69, 9.17) is 4.74 Å². The molecule has 2 rings (SSSR count). The summed E-state index contributed by atoms with van der Waals surface area (Å²) in [5.74, 6) is 0.694. The molecule has 0 bridgehead atoms. The van der Waals surface area contributed by atoms with Crippen LogP contribution in [0.15, 0.2) is 24.3 Å². The molecule has 0 aromatic heterocycles. The van der Waals surface area contributed by atoms with E-state index in [9.17, 15) is 4.79 Å². The first-order chi connectivity index (χ1) is 10.1. The maximum atomic E-state index is 12.2. The molecule has 0 saturated carbocycles. The number of rotatable bonds is 5. The van der Waals surface area contributed by atoms with Gasteiger partial charge in [-0.15, -0.1) is 0 Å². The second-order valence-corrected chi connectivity index (χ2v) is 6.44. The highest BCUT2D eigenvalue weighted by atomic mass is 16.5. The van der Waals surface area contributed by atoms with E-state index < -0.39 is 0 Å². The Morgan fingerprint density at radius 2 is 2.14 bits per heavy atom. The van der Waals surface area contributed by atoms with Gasteiger partial charge in [0, 0.05) is 19.5 Å². The average Bonchev–Trinajstić information content (AvgIpc) is 2.46. The minimum Gasteiger partial charge on any atom is -0.372 e. The highest BCUT2D eigenvalue weighted by molar-refractivity contribution is 5.76. The van der Waals surface area contributed by atoms with Gasteiger partial charge in [-0.25, -0.2) is 0 Å². The van der Waals surface area contributed by atoms with Gasteiger partial charge in [-0.3, -0.25) is 4.79 Å². The summed E-state index contributed by atoms with van der Waals surface area (Å²) in [5.41, 5.74) is 2.50. The number of amides is 1. The number of nitrogens with zero attached hydrogens (tertiary/aromatic N) is 1. The van der Waals surface area contributed by atoms with E-state index in [1.165, 1.54) is 11.1 Å². The molecule has 0 N–H and O–H groups in total. The molecule has 1 atom stereocenters. The number of ether oxygens (including phenoxy) is 1. The van der Waals surface area contributed by atoms with Gasteiger partial charge in [-0.05, 0) is 36.8 Å². The minimum atomic E-state index is 0.175. The highest BCUT2D eigenvalue weighted by Gasteiger charge is 2.24. The molecule has 1 aliphatic heterocycles. The van der Waals surface area contributed by atoms with Crippen LogP contribution in [0.4, 0.5) is 0 Å². The van der Waals surface area contributed by atoms with E-state index in [1.54, 1.807) is 0 Å². The molecule has 1 amide bonds. The van der Waals surface area contributed by atoms with Crippen molar-refractivity contribution in [2.45, 2.75) is 52.7 Å². The molecule has 1 aliphatic rings. The first-order valence-electron chi connectivity index (χ1n) is 8.00. The number of piperidine rings is 1. The van der Waals surface area contributed by atoms with Crippen molar-refractivity contribution in [3.63, 3.8) is 0 Å². The number of hydrogen-bond donors (Lipinski definition) is 0. The summed E-state index contributed by atoms with van der Waals surface area (Å²) in [4.78, 5) is 14.1. The zero-order valence-corrected chi connectivity index (χ0v) is 13.5. The zero-order chi connectivity index (χ0) is 15.2.